The van der Waals surface area contributed by atoms with Crippen molar-refractivity contribution in [1.29, 1.82) is 0 Å². The Morgan fingerprint density at radius 1 is 1.06 bits per heavy atom. The van der Waals surface area contributed by atoms with E-state index in [-0.39, 0.29) is 17.8 Å². The molecule has 10 heteroatoms. The van der Waals surface area contributed by atoms with Crippen LogP contribution in [0.4, 0.5) is 5.69 Å². The molecule has 2 aliphatic heterocycles. The summed E-state index contributed by atoms with van der Waals surface area (Å²) in [7, 11) is -1.57. The molecule has 2 aromatic rings. The van der Waals surface area contributed by atoms with Crippen molar-refractivity contribution >= 4 is 39.0 Å². The number of hydrogen-bond donors (Lipinski definition) is 1. The maximum absolute atomic E-state index is 14.2. The first-order chi connectivity index (χ1) is 23.3. The molecule has 2 heterocycles. The minimum absolute atomic E-state index is 0.0281. The van der Waals surface area contributed by atoms with Gasteiger partial charge in [0, 0.05) is 37.2 Å². The first-order valence-corrected chi connectivity index (χ1v) is 19.9. The zero-order valence-corrected chi connectivity index (χ0v) is 29.7. The summed E-state index contributed by atoms with van der Waals surface area (Å²) in [5, 5.41) is 0.728. The lowest BCUT2D eigenvalue weighted by molar-refractivity contribution is -0.119. The molecule has 0 spiro atoms. The van der Waals surface area contributed by atoms with Crippen LogP contribution in [0.5, 0.6) is 5.75 Å². The normalized spacial score (nSPS) is 27.7. The highest BCUT2D eigenvalue weighted by Gasteiger charge is 2.38. The van der Waals surface area contributed by atoms with E-state index in [1.165, 1.54) is 24.0 Å². The summed E-state index contributed by atoms with van der Waals surface area (Å²) in [5.41, 5.74) is 3.57. The summed E-state index contributed by atoms with van der Waals surface area (Å²) in [6.45, 7) is 1.94. The smallest absolute Gasteiger partial charge is 0.286 e. The third kappa shape index (κ3) is 8.82. The van der Waals surface area contributed by atoms with E-state index in [4.69, 9.17) is 21.1 Å². The van der Waals surface area contributed by atoms with Gasteiger partial charge < -0.3 is 14.4 Å². The monoisotopic (exact) mass is 695 g/mol. The summed E-state index contributed by atoms with van der Waals surface area (Å²) in [4.78, 5) is 29.2. The molecular formula is C38H50ClN3O5S. The van der Waals surface area contributed by atoms with Gasteiger partial charge in [0.25, 0.3) is 5.91 Å². The molecule has 0 aromatic heterocycles. The standard InChI is InChI=1S/C38H50ClN3O5S/c1-46-35-12-3-2-8-22-48(45,40-37(43)20-13-27-9-4-5-10-27)41-38(44)29-16-19-36-34(24-29)42(26-31-15-18-33(31)35)25-30-14-17-32(39)23-28(30)11-6-7-21-47-36/h3,12,14,16-17,19,23-24,27,31,33,35H,2,4-11,13,15,18,20-22,25-26H2,1H3,(H,40,41,43,44,45)/b12-3+/t31-,33+,35-,48?/m0/s1. The van der Waals surface area contributed by atoms with Gasteiger partial charge in [0.05, 0.1) is 24.2 Å². The topological polar surface area (TPSA) is 97.3 Å². The quantitative estimate of drug-likeness (QED) is 0.318. The average Bonchev–Trinajstić information content (AvgIpc) is 3.57. The van der Waals surface area contributed by atoms with Crippen molar-refractivity contribution in [2.45, 2.75) is 96.1 Å². The van der Waals surface area contributed by atoms with Gasteiger partial charge in [-0.3, -0.25) is 14.3 Å². The Labute approximate surface area is 291 Å². The number of anilines is 1. The van der Waals surface area contributed by atoms with Crippen molar-refractivity contribution < 1.29 is 23.3 Å². The number of amides is 2. The van der Waals surface area contributed by atoms with Gasteiger partial charge in [-0.15, -0.1) is 4.36 Å². The number of benzene rings is 2. The fraction of sp³-hybridized carbons (Fsp3) is 0.579. The molecule has 6 rings (SSSR count). The minimum Gasteiger partial charge on any atom is -0.491 e. The molecule has 8 nitrogen and oxygen atoms in total. The fourth-order valence-corrected chi connectivity index (χ4v) is 9.61. The van der Waals surface area contributed by atoms with Crippen LogP contribution in [-0.2, 0) is 32.4 Å². The zero-order chi connectivity index (χ0) is 33.5. The van der Waals surface area contributed by atoms with E-state index in [2.05, 4.69) is 38.3 Å². The molecule has 48 heavy (non-hydrogen) atoms. The molecule has 1 N–H and O–H groups in total. The van der Waals surface area contributed by atoms with Crippen molar-refractivity contribution in [3.8, 4) is 5.75 Å². The molecule has 1 unspecified atom stereocenters. The number of allylic oxidation sites excluding steroid dienone is 1. The number of fused-ring (bicyclic) bond motifs is 3. The lowest BCUT2D eigenvalue weighted by Gasteiger charge is -2.43. The van der Waals surface area contributed by atoms with Gasteiger partial charge in [0.1, 0.15) is 15.7 Å². The highest BCUT2D eigenvalue weighted by Crippen LogP contribution is 2.42. The Morgan fingerprint density at radius 3 is 2.71 bits per heavy atom. The molecular weight excluding hydrogens is 646 g/mol. The number of ether oxygens (including phenoxy) is 2. The minimum atomic E-state index is -3.34. The first-order valence-electron chi connectivity index (χ1n) is 17.9. The molecule has 2 fully saturated rings. The van der Waals surface area contributed by atoms with Gasteiger partial charge in [-0.25, -0.2) is 4.21 Å². The molecule has 2 amide bonds. The van der Waals surface area contributed by atoms with E-state index >= 15 is 0 Å². The molecule has 2 aliphatic carbocycles. The van der Waals surface area contributed by atoms with Crippen LogP contribution in [0.25, 0.3) is 0 Å². The van der Waals surface area contributed by atoms with Crippen molar-refractivity contribution in [1.82, 2.24) is 4.72 Å². The number of carbonyl (C=O) groups is 2. The van der Waals surface area contributed by atoms with Crippen molar-refractivity contribution in [2.75, 3.05) is 30.9 Å². The summed E-state index contributed by atoms with van der Waals surface area (Å²) < 4.78 is 33.6. The number of halogens is 1. The average molecular weight is 696 g/mol. The van der Waals surface area contributed by atoms with Crippen LogP contribution in [0, 0.1) is 17.8 Å². The Balaban J connectivity index is 1.37. The van der Waals surface area contributed by atoms with Gasteiger partial charge in [0.15, 0.2) is 0 Å². The van der Waals surface area contributed by atoms with E-state index in [0.29, 0.717) is 61.5 Å². The second kappa shape index (κ2) is 16.2. The number of methoxy groups -OCH3 is 1. The first kappa shape index (κ1) is 35.0. The molecule has 0 saturated heterocycles. The van der Waals surface area contributed by atoms with Crippen molar-refractivity contribution in [2.24, 2.45) is 22.1 Å². The third-order valence-corrected chi connectivity index (χ3v) is 12.8. The zero-order valence-electron chi connectivity index (χ0n) is 28.2. The molecule has 2 aromatic carbocycles. The summed E-state index contributed by atoms with van der Waals surface area (Å²) in [5.74, 6) is 1.20. The number of nitrogens with one attached hydrogen (secondary N) is 1. The number of carbonyl (C=O) groups excluding carboxylic acids is 2. The highest BCUT2D eigenvalue weighted by molar-refractivity contribution is 7.92. The number of hydrogen-bond acceptors (Lipinski definition) is 6. The van der Waals surface area contributed by atoms with Crippen LogP contribution >= 0.6 is 11.6 Å². The Bertz CT molecular complexity index is 1610. The maximum atomic E-state index is 14.2. The second-order valence-electron chi connectivity index (χ2n) is 14.0. The second-order valence-corrected chi connectivity index (χ2v) is 16.5. The molecule has 4 atom stereocenters. The van der Waals surface area contributed by atoms with E-state index in [1.807, 2.05) is 18.2 Å². The lowest BCUT2D eigenvalue weighted by Crippen LogP contribution is -2.43. The Kier molecular flexibility index (Phi) is 11.8. The Morgan fingerprint density at radius 2 is 1.92 bits per heavy atom. The Hall–Kier alpha value is -2.88. The third-order valence-electron chi connectivity index (χ3n) is 10.7. The van der Waals surface area contributed by atoms with Crippen molar-refractivity contribution in [3.05, 3.63) is 70.3 Å². The van der Waals surface area contributed by atoms with Gasteiger partial charge in [-0.05, 0) is 111 Å². The van der Waals surface area contributed by atoms with Gasteiger partial charge in [0.2, 0.25) is 5.91 Å². The van der Waals surface area contributed by atoms with Gasteiger partial charge in [-0.1, -0.05) is 55.5 Å². The summed E-state index contributed by atoms with van der Waals surface area (Å²) in [6.07, 6.45) is 16.1. The fourth-order valence-electron chi connectivity index (χ4n) is 7.78. The van der Waals surface area contributed by atoms with Gasteiger partial charge >= 0.3 is 0 Å². The highest BCUT2D eigenvalue weighted by atomic mass is 35.5. The lowest BCUT2D eigenvalue weighted by atomic mass is 9.70. The SMILES string of the molecule is CO[C@H]1/C=C/CCCS(=O)(NC(=O)CCC2CCCC2)=NC(=O)c2ccc3c(c2)N(Cc2ccc(Cl)cc2CCCCO3)C[C@@H]2CC[C@H]21. The van der Waals surface area contributed by atoms with Crippen LogP contribution in [0.2, 0.25) is 5.02 Å². The van der Waals surface area contributed by atoms with Crippen LogP contribution in [-0.4, -0.2) is 48.1 Å². The summed E-state index contributed by atoms with van der Waals surface area (Å²) in [6, 6.07) is 11.5. The van der Waals surface area contributed by atoms with E-state index in [0.717, 1.165) is 68.6 Å². The number of aryl methyl sites for hydroxylation is 1. The maximum Gasteiger partial charge on any atom is 0.286 e. The molecule has 4 aliphatic rings. The van der Waals surface area contributed by atoms with E-state index < -0.39 is 15.8 Å². The number of rotatable bonds is 5. The molecule has 260 valence electrons. The predicted octanol–water partition coefficient (Wildman–Crippen LogP) is 8.06. The van der Waals surface area contributed by atoms with Gasteiger partial charge in [-0.2, -0.15) is 0 Å². The summed E-state index contributed by atoms with van der Waals surface area (Å²) >= 11 is 6.46. The predicted molar refractivity (Wildman–Crippen MR) is 192 cm³/mol. The van der Waals surface area contributed by atoms with Crippen LogP contribution in [0.1, 0.15) is 98.5 Å². The molecule has 0 radical (unpaired) electrons. The van der Waals surface area contributed by atoms with Crippen molar-refractivity contribution in [3.63, 3.8) is 0 Å². The molecule has 2 bridgehead atoms. The van der Waals surface area contributed by atoms with Crippen LogP contribution in [0.3, 0.4) is 0 Å². The van der Waals surface area contributed by atoms with Crippen LogP contribution in [0.15, 0.2) is 52.9 Å². The van der Waals surface area contributed by atoms with Crippen LogP contribution < -0.4 is 14.4 Å². The molecule has 2 saturated carbocycles. The number of nitrogens with zero attached hydrogens (tertiary/aromatic N) is 2. The van der Waals surface area contributed by atoms with E-state index in [9.17, 15) is 13.8 Å². The largest absolute Gasteiger partial charge is 0.491 e. The van der Waals surface area contributed by atoms with E-state index in [1.54, 1.807) is 13.2 Å².